The van der Waals surface area contributed by atoms with Gasteiger partial charge < -0.3 is 14.5 Å². The summed E-state index contributed by atoms with van der Waals surface area (Å²) in [5.74, 6) is -0.615. The second-order valence-electron chi connectivity index (χ2n) is 5.58. The number of hydrogen-bond acceptors (Lipinski definition) is 3. The summed E-state index contributed by atoms with van der Waals surface area (Å²) < 4.78 is 24.1. The van der Waals surface area contributed by atoms with E-state index in [2.05, 4.69) is 4.98 Å². The first kappa shape index (κ1) is 16.1. The molecule has 0 fully saturated rings. The molecule has 0 aliphatic heterocycles. The summed E-state index contributed by atoms with van der Waals surface area (Å²) in [4.78, 5) is 15.3. The lowest BCUT2D eigenvalue weighted by atomic mass is 10.1. The van der Waals surface area contributed by atoms with Crippen molar-refractivity contribution >= 4 is 16.9 Å². The molecule has 4 nitrogen and oxygen atoms in total. The van der Waals surface area contributed by atoms with Gasteiger partial charge in [0, 0.05) is 22.7 Å². The van der Waals surface area contributed by atoms with Gasteiger partial charge in [0.1, 0.15) is 6.61 Å². The fourth-order valence-corrected chi connectivity index (χ4v) is 2.70. The minimum Gasteiger partial charge on any atom is -0.494 e. The fourth-order valence-electron chi connectivity index (χ4n) is 2.70. The van der Waals surface area contributed by atoms with E-state index in [1.807, 2.05) is 37.3 Å². The molecule has 0 saturated heterocycles. The number of hydrogen-bond donors (Lipinski definition) is 1. The zero-order valence-corrected chi connectivity index (χ0v) is 13.6. The van der Waals surface area contributed by atoms with E-state index in [0.29, 0.717) is 5.52 Å². The van der Waals surface area contributed by atoms with Crippen LogP contribution in [0.1, 0.15) is 16.8 Å². The van der Waals surface area contributed by atoms with Crippen molar-refractivity contribution < 1.29 is 18.7 Å². The molecule has 0 bridgehead atoms. The van der Waals surface area contributed by atoms with Crippen molar-refractivity contribution in [3.63, 3.8) is 0 Å². The number of aromatic nitrogens is 1. The Kier molecular flexibility index (Phi) is 4.51. The summed E-state index contributed by atoms with van der Waals surface area (Å²) in [6, 6.07) is 12.5. The van der Waals surface area contributed by atoms with E-state index >= 15 is 0 Å². The molecule has 2 aromatic carbocycles. The summed E-state index contributed by atoms with van der Waals surface area (Å²) in [7, 11) is 1.41. The number of aromatic amines is 1. The van der Waals surface area contributed by atoms with Gasteiger partial charge >= 0.3 is 5.97 Å². The zero-order valence-electron chi connectivity index (χ0n) is 13.6. The highest BCUT2D eigenvalue weighted by Crippen LogP contribution is 2.29. The van der Waals surface area contributed by atoms with Crippen LogP contribution in [0.3, 0.4) is 0 Å². The Morgan fingerprint density at radius 1 is 1.21 bits per heavy atom. The normalized spacial score (nSPS) is 10.8. The molecule has 1 heterocycles. The lowest BCUT2D eigenvalue weighted by Gasteiger charge is -2.06. The summed E-state index contributed by atoms with van der Waals surface area (Å²) >= 11 is 0. The quantitative estimate of drug-likeness (QED) is 0.723. The van der Waals surface area contributed by atoms with Crippen LogP contribution in [0.2, 0.25) is 0 Å². The van der Waals surface area contributed by atoms with Crippen molar-refractivity contribution in [2.75, 3.05) is 7.11 Å². The number of ether oxygens (including phenoxy) is 2. The van der Waals surface area contributed by atoms with Crippen LogP contribution in [0.5, 0.6) is 5.75 Å². The van der Waals surface area contributed by atoms with E-state index in [-0.39, 0.29) is 24.7 Å². The summed E-state index contributed by atoms with van der Waals surface area (Å²) in [5, 5.41) is 0.766. The first-order valence-corrected chi connectivity index (χ1v) is 7.62. The lowest BCUT2D eigenvalue weighted by Crippen LogP contribution is -2.08. The molecule has 0 aliphatic carbocycles. The van der Waals surface area contributed by atoms with Crippen LogP contribution in [-0.2, 0) is 22.6 Å². The van der Waals surface area contributed by atoms with E-state index in [9.17, 15) is 9.18 Å². The first-order valence-electron chi connectivity index (χ1n) is 7.62. The molecule has 0 spiro atoms. The van der Waals surface area contributed by atoms with Crippen LogP contribution in [0.15, 0.2) is 42.5 Å². The van der Waals surface area contributed by atoms with Crippen LogP contribution < -0.4 is 4.74 Å². The molecule has 3 aromatic rings. The number of rotatable bonds is 5. The van der Waals surface area contributed by atoms with E-state index in [1.165, 1.54) is 13.2 Å². The Balaban J connectivity index is 1.79. The van der Waals surface area contributed by atoms with Gasteiger partial charge in [0.25, 0.3) is 0 Å². The third-order valence-corrected chi connectivity index (χ3v) is 3.96. The van der Waals surface area contributed by atoms with Gasteiger partial charge in [0.05, 0.1) is 13.5 Å². The van der Waals surface area contributed by atoms with Gasteiger partial charge in [0.15, 0.2) is 11.6 Å². The molecule has 0 amide bonds. The number of aryl methyl sites for hydroxylation is 1. The maximum Gasteiger partial charge on any atom is 0.310 e. The molecular weight excluding hydrogens is 309 g/mol. The van der Waals surface area contributed by atoms with Crippen molar-refractivity contribution in [1.29, 1.82) is 0 Å². The van der Waals surface area contributed by atoms with Gasteiger partial charge in [0.2, 0.25) is 0 Å². The number of esters is 1. The Morgan fingerprint density at radius 2 is 1.96 bits per heavy atom. The highest BCUT2D eigenvalue weighted by Gasteiger charge is 2.16. The number of halogens is 1. The van der Waals surface area contributed by atoms with Gasteiger partial charge in [-0.15, -0.1) is 0 Å². The number of nitrogens with one attached hydrogen (secondary N) is 1. The van der Waals surface area contributed by atoms with Crippen molar-refractivity contribution in [2.24, 2.45) is 0 Å². The van der Waals surface area contributed by atoms with Gasteiger partial charge in [-0.2, -0.15) is 0 Å². The number of methoxy groups -OCH3 is 1. The van der Waals surface area contributed by atoms with Crippen LogP contribution in [0.25, 0.3) is 10.9 Å². The number of fused-ring (bicyclic) bond motifs is 1. The van der Waals surface area contributed by atoms with Crippen LogP contribution in [0, 0.1) is 12.7 Å². The highest BCUT2D eigenvalue weighted by atomic mass is 19.1. The molecule has 124 valence electrons. The van der Waals surface area contributed by atoms with E-state index < -0.39 is 5.82 Å². The standard InChI is InChI=1S/C19H18FNO3/c1-12-14(9-19(22)24-11-13-6-4-3-5-7-13)15-8-18(23-2)16(20)10-17(15)21-12/h3-8,10,21H,9,11H2,1-2H3. The van der Waals surface area contributed by atoms with E-state index in [0.717, 1.165) is 22.2 Å². The average molecular weight is 327 g/mol. The smallest absolute Gasteiger partial charge is 0.310 e. The predicted molar refractivity (Wildman–Crippen MR) is 89.5 cm³/mol. The Hall–Kier alpha value is -2.82. The highest BCUT2D eigenvalue weighted by molar-refractivity contribution is 5.89. The molecule has 3 rings (SSSR count). The number of carbonyl (C=O) groups excluding carboxylic acids is 1. The monoisotopic (exact) mass is 327 g/mol. The number of benzene rings is 2. The molecule has 0 saturated carbocycles. The molecule has 24 heavy (non-hydrogen) atoms. The molecular formula is C19H18FNO3. The van der Waals surface area contributed by atoms with Gasteiger partial charge in [-0.25, -0.2) is 4.39 Å². The summed E-state index contributed by atoms with van der Waals surface area (Å²) in [6.07, 6.45) is 0.119. The minimum absolute atomic E-state index is 0.119. The predicted octanol–water partition coefficient (Wildman–Crippen LogP) is 3.91. The van der Waals surface area contributed by atoms with Crippen molar-refractivity contribution in [3.8, 4) is 5.75 Å². The van der Waals surface area contributed by atoms with Crippen LogP contribution in [-0.4, -0.2) is 18.1 Å². The van der Waals surface area contributed by atoms with Crippen molar-refractivity contribution in [3.05, 3.63) is 65.1 Å². The van der Waals surface area contributed by atoms with Gasteiger partial charge in [-0.3, -0.25) is 4.79 Å². The third-order valence-electron chi connectivity index (χ3n) is 3.96. The summed E-state index contributed by atoms with van der Waals surface area (Å²) in [5.41, 5.74) is 3.18. The van der Waals surface area contributed by atoms with Crippen LogP contribution >= 0.6 is 0 Å². The van der Waals surface area contributed by atoms with E-state index in [1.54, 1.807) is 6.07 Å². The van der Waals surface area contributed by atoms with E-state index in [4.69, 9.17) is 9.47 Å². The van der Waals surface area contributed by atoms with Crippen molar-refractivity contribution in [2.45, 2.75) is 20.0 Å². The Morgan fingerprint density at radius 3 is 2.67 bits per heavy atom. The third kappa shape index (κ3) is 3.25. The topological polar surface area (TPSA) is 51.3 Å². The van der Waals surface area contributed by atoms with Gasteiger partial charge in [-0.05, 0) is 24.1 Å². The molecule has 0 aliphatic rings. The van der Waals surface area contributed by atoms with Gasteiger partial charge in [-0.1, -0.05) is 30.3 Å². The second kappa shape index (κ2) is 6.74. The molecule has 1 aromatic heterocycles. The minimum atomic E-state index is -0.440. The molecule has 5 heteroatoms. The molecule has 0 unspecified atom stereocenters. The van der Waals surface area contributed by atoms with Crippen molar-refractivity contribution in [1.82, 2.24) is 4.98 Å². The fraction of sp³-hybridized carbons (Fsp3) is 0.211. The first-order chi connectivity index (χ1) is 11.6. The van der Waals surface area contributed by atoms with Crippen LogP contribution in [0.4, 0.5) is 4.39 Å². The Labute approximate surface area is 139 Å². The summed E-state index contributed by atoms with van der Waals surface area (Å²) in [6.45, 7) is 2.09. The molecule has 0 atom stereocenters. The Bertz CT molecular complexity index is 871. The number of H-pyrrole nitrogens is 1. The largest absolute Gasteiger partial charge is 0.494 e. The zero-order chi connectivity index (χ0) is 17.1. The average Bonchev–Trinajstić information content (AvgIpc) is 2.87. The maximum atomic E-state index is 13.8. The molecule has 1 N–H and O–H groups in total. The second-order valence-corrected chi connectivity index (χ2v) is 5.58. The number of carbonyl (C=O) groups is 1. The maximum absolute atomic E-state index is 13.8. The SMILES string of the molecule is COc1cc2c(CC(=O)OCc3ccccc3)c(C)[nH]c2cc1F. The lowest BCUT2D eigenvalue weighted by molar-refractivity contribution is -0.144. The molecule has 0 radical (unpaired) electrons.